The molecule has 0 atom stereocenters. The Morgan fingerprint density at radius 3 is 3.00 bits per heavy atom. The first-order valence-corrected chi connectivity index (χ1v) is 5.37. The number of nitrogens with one attached hydrogen (secondary N) is 1. The summed E-state index contributed by atoms with van der Waals surface area (Å²) in [5, 5.41) is 9.51. The molecule has 0 fully saturated rings. The van der Waals surface area contributed by atoms with Gasteiger partial charge in [-0.05, 0) is 18.1 Å². The first-order valence-electron chi connectivity index (χ1n) is 4.56. The second-order valence-electron chi connectivity index (χ2n) is 3.21. The molecule has 0 spiro atoms. The SMILES string of the molecule is CCCc1ccc(O)c2[nH]c(=O)sc12. The van der Waals surface area contributed by atoms with Crippen molar-refractivity contribution < 1.29 is 5.11 Å². The summed E-state index contributed by atoms with van der Waals surface area (Å²) in [6.07, 6.45) is 1.97. The lowest BCUT2D eigenvalue weighted by atomic mass is 10.1. The summed E-state index contributed by atoms with van der Waals surface area (Å²) in [5.41, 5.74) is 1.70. The fourth-order valence-electron chi connectivity index (χ4n) is 1.54. The fraction of sp³-hybridized carbons (Fsp3) is 0.300. The van der Waals surface area contributed by atoms with Crippen molar-refractivity contribution in [2.24, 2.45) is 0 Å². The molecule has 0 aliphatic carbocycles. The van der Waals surface area contributed by atoms with Crippen LogP contribution < -0.4 is 4.87 Å². The van der Waals surface area contributed by atoms with E-state index in [1.165, 1.54) is 0 Å². The summed E-state index contributed by atoms with van der Waals surface area (Å²) < 4.78 is 0.886. The molecule has 0 aliphatic heterocycles. The Hall–Kier alpha value is -1.29. The minimum atomic E-state index is -0.112. The molecule has 0 amide bonds. The molecule has 0 aliphatic rings. The van der Waals surface area contributed by atoms with Crippen molar-refractivity contribution in [2.45, 2.75) is 19.8 Å². The molecule has 2 N–H and O–H groups in total. The van der Waals surface area contributed by atoms with E-state index in [-0.39, 0.29) is 10.6 Å². The van der Waals surface area contributed by atoms with Gasteiger partial charge >= 0.3 is 4.87 Å². The van der Waals surface area contributed by atoms with Crippen molar-refractivity contribution in [3.05, 3.63) is 27.4 Å². The number of thiazole rings is 1. The number of hydrogen-bond donors (Lipinski definition) is 2. The van der Waals surface area contributed by atoms with Crippen LogP contribution in [0.1, 0.15) is 18.9 Å². The topological polar surface area (TPSA) is 53.1 Å². The highest BCUT2D eigenvalue weighted by atomic mass is 32.1. The van der Waals surface area contributed by atoms with E-state index in [1.54, 1.807) is 6.07 Å². The van der Waals surface area contributed by atoms with Gasteiger partial charge in [-0.15, -0.1) is 0 Å². The zero-order valence-electron chi connectivity index (χ0n) is 7.83. The standard InChI is InChI=1S/C10H11NO2S/c1-2-3-6-4-5-7(12)8-9(6)14-10(13)11-8/h4-5,12H,2-3H2,1H3,(H,11,13). The van der Waals surface area contributed by atoms with Gasteiger partial charge in [-0.1, -0.05) is 30.7 Å². The zero-order chi connectivity index (χ0) is 10.1. The van der Waals surface area contributed by atoms with Gasteiger partial charge in [0.2, 0.25) is 0 Å². The quantitative estimate of drug-likeness (QED) is 0.797. The zero-order valence-corrected chi connectivity index (χ0v) is 8.65. The van der Waals surface area contributed by atoms with E-state index in [1.807, 2.05) is 6.07 Å². The maximum atomic E-state index is 11.1. The maximum Gasteiger partial charge on any atom is 0.305 e. The largest absolute Gasteiger partial charge is 0.506 e. The van der Waals surface area contributed by atoms with Gasteiger partial charge in [0.15, 0.2) is 0 Å². The van der Waals surface area contributed by atoms with E-state index < -0.39 is 0 Å². The molecule has 0 radical (unpaired) electrons. The molecule has 0 unspecified atom stereocenters. The van der Waals surface area contributed by atoms with Gasteiger partial charge in [0.05, 0.1) is 4.70 Å². The average Bonchev–Trinajstić information content (AvgIpc) is 2.53. The Morgan fingerprint density at radius 2 is 2.29 bits per heavy atom. The Kier molecular flexibility index (Phi) is 2.29. The number of phenols is 1. The lowest BCUT2D eigenvalue weighted by Crippen LogP contribution is -1.89. The molecule has 2 rings (SSSR count). The third kappa shape index (κ3) is 1.42. The minimum absolute atomic E-state index is 0.112. The van der Waals surface area contributed by atoms with Crippen LogP contribution in [0.2, 0.25) is 0 Å². The van der Waals surface area contributed by atoms with Crippen LogP contribution >= 0.6 is 11.3 Å². The molecular formula is C10H11NO2S. The lowest BCUT2D eigenvalue weighted by Gasteiger charge is -2.01. The highest BCUT2D eigenvalue weighted by Crippen LogP contribution is 2.28. The second-order valence-corrected chi connectivity index (χ2v) is 4.20. The third-order valence-corrected chi connectivity index (χ3v) is 3.12. The molecule has 0 bridgehead atoms. The van der Waals surface area contributed by atoms with Gasteiger partial charge in [0.1, 0.15) is 11.3 Å². The van der Waals surface area contributed by atoms with E-state index in [2.05, 4.69) is 11.9 Å². The molecule has 0 saturated heterocycles. The molecule has 1 aromatic heterocycles. The number of aromatic hydroxyl groups is 1. The van der Waals surface area contributed by atoms with Crippen molar-refractivity contribution in [3.8, 4) is 5.75 Å². The first-order chi connectivity index (χ1) is 6.72. The van der Waals surface area contributed by atoms with Crippen LogP contribution in [0.4, 0.5) is 0 Å². The number of aromatic nitrogens is 1. The predicted octanol–water partition coefficient (Wildman–Crippen LogP) is 2.25. The predicted molar refractivity (Wildman–Crippen MR) is 58.1 cm³/mol. The lowest BCUT2D eigenvalue weighted by molar-refractivity contribution is 0.480. The normalized spacial score (nSPS) is 10.9. The summed E-state index contributed by atoms with van der Waals surface area (Å²) in [6, 6.07) is 3.51. The molecule has 14 heavy (non-hydrogen) atoms. The van der Waals surface area contributed by atoms with Crippen LogP contribution in [0.5, 0.6) is 5.75 Å². The Morgan fingerprint density at radius 1 is 1.50 bits per heavy atom. The van der Waals surface area contributed by atoms with E-state index in [0.29, 0.717) is 5.52 Å². The van der Waals surface area contributed by atoms with Crippen LogP contribution in [0.15, 0.2) is 16.9 Å². The van der Waals surface area contributed by atoms with Crippen LogP contribution in [0.3, 0.4) is 0 Å². The summed E-state index contributed by atoms with van der Waals surface area (Å²) in [7, 11) is 0. The van der Waals surface area contributed by atoms with Gasteiger partial charge in [0.25, 0.3) is 0 Å². The number of phenolic OH excluding ortho intramolecular Hbond substituents is 1. The van der Waals surface area contributed by atoms with Crippen LogP contribution in [-0.2, 0) is 6.42 Å². The van der Waals surface area contributed by atoms with Crippen LogP contribution in [0, 0.1) is 0 Å². The number of fused-ring (bicyclic) bond motifs is 1. The minimum Gasteiger partial charge on any atom is -0.506 e. The smallest absolute Gasteiger partial charge is 0.305 e. The van der Waals surface area contributed by atoms with Crippen molar-refractivity contribution in [2.75, 3.05) is 0 Å². The summed E-state index contributed by atoms with van der Waals surface area (Å²) in [5.74, 6) is 0.151. The van der Waals surface area contributed by atoms with Gasteiger partial charge < -0.3 is 10.1 Å². The molecule has 2 aromatic rings. The summed E-state index contributed by atoms with van der Waals surface area (Å²) in [6.45, 7) is 2.09. The summed E-state index contributed by atoms with van der Waals surface area (Å²) in [4.78, 5) is 13.7. The molecule has 3 nitrogen and oxygen atoms in total. The van der Waals surface area contributed by atoms with Crippen molar-refractivity contribution in [1.82, 2.24) is 4.98 Å². The Balaban J connectivity index is 2.74. The van der Waals surface area contributed by atoms with Gasteiger partial charge in [-0.25, -0.2) is 0 Å². The van der Waals surface area contributed by atoms with Crippen molar-refractivity contribution in [3.63, 3.8) is 0 Å². The highest BCUT2D eigenvalue weighted by Gasteiger charge is 2.08. The number of rotatable bonds is 2. The molecule has 4 heteroatoms. The van der Waals surface area contributed by atoms with Crippen LogP contribution in [-0.4, -0.2) is 10.1 Å². The number of aromatic amines is 1. The van der Waals surface area contributed by atoms with Crippen molar-refractivity contribution >= 4 is 21.6 Å². The molecule has 1 heterocycles. The van der Waals surface area contributed by atoms with Crippen molar-refractivity contribution in [1.29, 1.82) is 0 Å². The highest BCUT2D eigenvalue weighted by molar-refractivity contribution is 7.16. The number of H-pyrrole nitrogens is 1. The van der Waals surface area contributed by atoms with Gasteiger partial charge in [-0.3, -0.25) is 4.79 Å². The third-order valence-electron chi connectivity index (χ3n) is 2.16. The number of hydrogen-bond acceptors (Lipinski definition) is 3. The van der Waals surface area contributed by atoms with E-state index in [9.17, 15) is 9.90 Å². The number of benzene rings is 1. The second kappa shape index (κ2) is 3.46. The molecule has 1 aromatic carbocycles. The molecule has 74 valence electrons. The van der Waals surface area contributed by atoms with Gasteiger partial charge in [0, 0.05) is 0 Å². The van der Waals surface area contributed by atoms with E-state index in [4.69, 9.17) is 0 Å². The van der Waals surface area contributed by atoms with Gasteiger partial charge in [-0.2, -0.15) is 0 Å². The molecule has 0 saturated carbocycles. The summed E-state index contributed by atoms with van der Waals surface area (Å²) >= 11 is 1.16. The average molecular weight is 209 g/mol. The Bertz CT molecular complexity index is 512. The Labute approximate surface area is 85.0 Å². The van der Waals surface area contributed by atoms with E-state index in [0.717, 1.165) is 34.4 Å². The maximum absolute atomic E-state index is 11.1. The first kappa shape index (κ1) is 9.27. The monoisotopic (exact) mass is 209 g/mol. The van der Waals surface area contributed by atoms with Crippen LogP contribution in [0.25, 0.3) is 10.2 Å². The number of aryl methyl sites for hydroxylation is 1. The fourth-order valence-corrected chi connectivity index (χ4v) is 2.44. The van der Waals surface area contributed by atoms with E-state index >= 15 is 0 Å². The molecular weight excluding hydrogens is 198 g/mol.